The smallest absolute Gasteiger partial charge is 0.261 e. The number of benzene rings is 3. The van der Waals surface area contributed by atoms with Gasteiger partial charge in [-0.3, -0.25) is 4.72 Å². The van der Waals surface area contributed by atoms with E-state index in [1.165, 1.54) is 24.3 Å². The lowest BCUT2D eigenvalue weighted by atomic mass is 10.1. The molecular weight excluding hydrogens is 324 g/mol. The number of sulfonamides is 1. The van der Waals surface area contributed by atoms with Crippen LogP contribution in [0.3, 0.4) is 0 Å². The minimum Gasteiger partial charge on any atom is -0.508 e. The number of anilines is 2. The van der Waals surface area contributed by atoms with Gasteiger partial charge in [-0.1, -0.05) is 24.3 Å². The van der Waals surface area contributed by atoms with Crippen LogP contribution in [0.4, 0.5) is 11.4 Å². The summed E-state index contributed by atoms with van der Waals surface area (Å²) in [4.78, 5) is 0.156. The highest BCUT2D eigenvalue weighted by Gasteiger charge is 2.14. The first-order valence-corrected chi connectivity index (χ1v) is 8.70. The van der Waals surface area contributed by atoms with Crippen LogP contribution >= 0.6 is 0 Å². The third kappa shape index (κ3) is 3.49. The van der Waals surface area contributed by atoms with Crippen LogP contribution in [0.2, 0.25) is 0 Å². The molecule has 0 bridgehead atoms. The lowest BCUT2D eigenvalue weighted by Crippen LogP contribution is -2.12. The molecule has 0 atom stereocenters. The van der Waals surface area contributed by atoms with Gasteiger partial charge < -0.3 is 10.8 Å². The topological polar surface area (TPSA) is 92.4 Å². The fraction of sp³-hybridized carbons (Fsp3) is 0. The number of aromatic hydroxyl groups is 1. The first-order valence-electron chi connectivity index (χ1n) is 7.22. The van der Waals surface area contributed by atoms with Crippen molar-refractivity contribution in [2.45, 2.75) is 4.90 Å². The maximum absolute atomic E-state index is 12.4. The number of nitrogens with one attached hydrogen (secondary N) is 1. The summed E-state index contributed by atoms with van der Waals surface area (Å²) in [5.74, 6) is 0.0736. The van der Waals surface area contributed by atoms with Crippen LogP contribution in [0.25, 0.3) is 11.1 Å². The highest BCUT2D eigenvalue weighted by Crippen LogP contribution is 2.24. The quantitative estimate of drug-likeness (QED) is 0.501. The summed E-state index contributed by atoms with van der Waals surface area (Å²) in [5, 5.41) is 9.24. The van der Waals surface area contributed by atoms with Gasteiger partial charge in [0.15, 0.2) is 0 Å². The Balaban J connectivity index is 1.85. The molecule has 0 unspecified atom stereocenters. The SMILES string of the molecule is Nc1cccc(-c2ccc(S(=O)(=O)Nc3ccc(O)cc3)cc2)c1. The van der Waals surface area contributed by atoms with Crippen molar-refractivity contribution in [3.05, 3.63) is 72.8 Å². The van der Waals surface area contributed by atoms with Crippen molar-refractivity contribution in [2.75, 3.05) is 10.5 Å². The fourth-order valence-electron chi connectivity index (χ4n) is 2.29. The van der Waals surface area contributed by atoms with Crippen LogP contribution in [-0.2, 0) is 10.0 Å². The van der Waals surface area contributed by atoms with Gasteiger partial charge in [0.1, 0.15) is 5.75 Å². The summed E-state index contributed by atoms with van der Waals surface area (Å²) in [6.45, 7) is 0. The number of phenols is 1. The Morgan fingerprint density at radius 3 is 2.12 bits per heavy atom. The number of hydrogen-bond acceptors (Lipinski definition) is 4. The van der Waals surface area contributed by atoms with Gasteiger partial charge in [-0.25, -0.2) is 8.42 Å². The number of rotatable bonds is 4. The van der Waals surface area contributed by atoms with Gasteiger partial charge in [0, 0.05) is 11.4 Å². The van der Waals surface area contributed by atoms with Gasteiger partial charge in [-0.15, -0.1) is 0 Å². The molecule has 0 amide bonds. The third-order valence-electron chi connectivity index (χ3n) is 3.50. The summed E-state index contributed by atoms with van der Waals surface area (Å²) in [5.41, 5.74) is 8.60. The highest BCUT2D eigenvalue weighted by atomic mass is 32.2. The standard InChI is InChI=1S/C18H16N2O3S/c19-15-3-1-2-14(12-15)13-4-10-18(11-5-13)24(22,23)20-16-6-8-17(21)9-7-16/h1-12,20-21H,19H2. The number of nitrogen functional groups attached to an aromatic ring is 1. The second-order valence-electron chi connectivity index (χ2n) is 5.30. The van der Waals surface area contributed by atoms with E-state index in [-0.39, 0.29) is 10.6 Å². The Morgan fingerprint density at radius 1 is 0.833 bits per heavy atom. The zero-order chi connectivity index (χ0) is 17.2. The lowest BCUT2D eigenvalue weighted by Gasteiger charge is -2.09. The van der Waals surface area contributed by atoms with Crippen LogP contribution in [0, 0.1) is 0 Å². The monoisotopic (exact) mass is 340 g/mol. The predicted molar refractivity (Wildman–Crippen MR) is 95.2 cm³/mol. The second-order valence-corrected chi connectivity index (χ2v) is 6.98. The van der Waals surface area contributed by atoms with Gasteiger partial charge >= 0.3 is 0 Å². The second kappa shape index (κ2) is 6.25. The van der Waals surface area contributed by atoms with Crippen molar-refractivity contribution in [3.8, 4) is 16.9 Å². The van der Waals surface area contributed by atoms with E-state index in [4.69, 9.17) is 5.73 Å². The normalized spacial score (nSPS) is 11.2. The van der Waals surface area contributed by atoms with Crippen molar-refractivity contribution < 1.29 is 13.5 Å². The van der Waals surface area contributed by atoms with Gasteiger partial charge in [-0.05, 0) is 59.7 Å². The molecule has 0 radical (unpaired) electrons. The molecule has 3 rings (SSSR count). The lowest BCUT2D eigenvalue weighted by molar-refractivity contribution is 0.475. The molecule has 0 aliphatic carbocycles. The van der Waals surface area contributed by atoms with Crippen LogP contribution in [-0.4, -0.2) is 13.5 Å². The molecule has 0 saturated heterocycles. The molecule has 0 saturated carbocycles. The summed E-state index contributed by atoms with van der Waals surface area (Å²) in [6, 6.07) is 19.8. The molecule has 0 aliphatic rings. The Bertz CT molecular complexity index is 950. The summed E-state index contributed by atoms with van der Waals surface area (Å²) in [6.07, 6.45) is 0. The van der Waals surface area contributed by atoms with Crippen molar-refractivity contribution in [2.24, 2.45) is 0 Å². The van der Waals surface area contributed by atoms with E-state index < -0.39 is 10.0 Å². The maximum atomic E-state index is 12.4. The van der Waals surface area contributed by atoms with E-state index in [1.54, 1.807) is 30.3 Å². The van der Waals surface area contributed by atoms with Gasteiger partial charge in [0.25, 0.3) is 10.0 Å². The first kappa shape index (κ1) is 15.9. The fourth-order valence-corrected chi connectivity index (χ4v) is 3.35. The van der Waals surface area contributed by atoms with E-state index in [0.29, 0.717) is 11.4 Å². The molecule has 4 N–H and O–H groups in total. The Kier molecular flexibility index (Phi) is 4.14. The van der Waals surface area contributed by atoms with Crippen molar-refractivity contribution >= 4 is 21.4 Å². The van der Waals surface area contributed by atoms with Crippen LogP contribution < -0.4 is 10.5 Å². The number of hydrogen-bond donors (Lipinski definition) is 3. The van der Waals surface area contributed by atoms with Gasteiger partial charge in [-0.2, -0.15) is 0 Å². The highest BCUT2D eigenvalue weighted by molar-refractivity contribution is 7.92. The average Bonchev–Trinajstić information content (AvgIpc) is 2.57. The summed E-state index contributed by atoms with van der Waals surface area (Å²) < 4.78 is 27.3. The van der Waals surface area contributed by atoms with Crippen molar-refractivity contribution in [3.63, 3.8) is 0 Å². The van der Waals surface area contributed by atoms with E-state index in [2.05, 4.69) is 4.72 Å². The third-order valence-corrected chi connectivity index (χ3v) is 4.90. The van der Waals surface area contributed by atoms with E-state index in [0.717, 1.165) is 11.1 Å². The molecular formula is C18H16N2O3S. The minimum absolute atomic E-state index is 0.0736. The first-order chi connectivity index (χ1) is 11.4. The molecule has 122 valence electrons. The summed E-state index contributed by atoms with van der Waals surface area (Å²) in [7, 11) is -3.69. The average molecular weight is 340 g/mol. The molecule has 5 nitrogen and oxygen atoms in total. The maximum Gasteiger partial charge on any atom is 0.261 e. The van der Waals surface area contributed by atoms with E-state index in [1.807, 2.05) is 18.2 Å². The van der Waals surface area contributed by atoms with Crippen LogP contribution in [0.5, 0.6) is 5.75 Å². The molecule has 6 heteroatoms. The Morgan fingerprint density at radius 2 is 1.50 bits per heavy atom. The number of nitrogens with two attached hydrogens (primary N) is 1. The Hall–Kier alpha value is -2.99. The predicted octanol–water partition coefficient (Wildman–Crippen LogP) is 3.44. The zero-order valence-electron chi connectivity index (χ0n) is 12.7. The van der Waals surface area contributed by atoms with Crippen molar-refractivity contribution in [1.82, 2.24) is 0 Å². The largest absolute Gasteiger partial charge is 0.508 e. The van der Waals surface area contributed by atoms with E-state index >= 15 is 0 Å². The molecule has 0 heterocycles. The Labute approximate surface area is 140 Å². The van der Waals surface area contributed by atoms with Crippen LogP contribution in [0.15, 0.2) is 77.7 Å². The zero-order valence-corrected chi connectivity index (χ0v) is 13.5. The van der Waals surface area contributed by atoms with Gasteiger partial charge in [0.2, 0.25) is 0 Å². The molecule has 3 aromatic rings. The van der Waals surface area contributed by atoms with Gasteiger partial charge in [0.05, 0.1) is 4.90 Å². The molecule has 0 spiro atoms. The summed E-state index contributed by atoms with van der Waals surface area (Å²) >= 11 is 0. The van der Waals surface area contributed by atoms with Crippen molar-refractivity contribution in [1.29, 1.82) is 0 Å². The molecule has 0 aliphatic heterocycles. The van der Waals surface area contributed by atoms with E-state index in [9.17, 15) is 13.5 Å². The molecule has 24 heavy (non-hydrogen) atoms. The van der Waals surface area contributed by atoms with Crippen LogP contribution in [0.1, 0.15) is 0 Å². The minimum atomic E-state index is -3.69. The molecule has 3 aromatic carbocycles. The number of phenolic OH excluding ortho intramolecular Hbond substituents is 1. The molecule has 0 aromatic heterocycles. The molecule has 0 fully saturated rings.